The number of allylic oxidation sites excluding steroid dienone is 10. The molecule has 0 aromatic carbocycles. The molecular formula is C22H32. The van der Waals surface area contributed by atoms with Crippen molar-refractivity contribution in [2.45, 2.75) is 69.2 Å². The van der Waals surface area contributed by atoms with E-state index in [9.17, 15) is 0 Å². The maximum absolute atomic E-state index is 2.45. The zero-order valence-corrected chi connectivity index (χ0v) is 16.2. The van der Waals surface area contributed by atoms with E-state index in [4.69, 9.17) is 0 Å². The van der Waals surface area contributed by atoms with Gasteiger partial charge in [-0.1, -0.05) is 34.4 Å². The molecule has 0 bridgehead atoms. The van der Waals surface area contributed by atoms with E-state index >= 15 is 0 Å². The standard InChI is InChI=1S/C22H32/c1-13-14(2)18(6)21(9,17(13)5)11-12-22(10)19(7)15(3)16(4)20(22)8/h11-12H,1-10H3. The fraction of sp³-hybridized carbons (Fsp3) is 0.545. The van der Waals surface area contributed by atoms with Crippen molar-refractivity contribution in [2.75, 3.05) is 0 Å². The Labute approximate surface area is 137 Å². The highest BCUT2D eigenvalue weighted by Crippen LogP contribution is 2.51. The van der Waals surface area contributed by atoms with Gasteiger partial charge in [0.15, 0.2) is 0 Å². The second-order valence-electron chi connectivity index (χ2n) is 7.74. The van der Waals surface area contributed by atoms with Crippen molar-refractivity contribution < 1.29 is 0 Å². The quantitative estimate of drug-likeness (QED) is 0.485. The zero-order valence-electron chi connectivity index (χ0n) is 16.2. The first kappa shape index (κ1) is 17.1. The number of hydrogen-bond donors (Lipinski definition) is 0. The van der Waals surface area contributed by atoms with Crippen LogP contribution in [-0.4, -0.2) is 0 Å². The van der Waals surface area contributed by atoms with Gasteiger partial charge in [0.25, 0.3) is 0 Å². The fourth-order valence-electron chi connectivity index (χ4n) is 4.08. The Bertz CT molecular complexity index is 576. The van der Waals surface area contributed by atoms with Crippen LogP contribution in [0.2, 0.25) is 0 Å². The van der Waals surface area contributed by atoms with Crippen LogP contribution in [0.5, 0.6) is 0 Å². The minimum absolute atomic E-state index is 0.0716. The van der Waals surface area contributed by atoms with Gasteiger partial charge in [0.2, 0.25) is 0 Å². The molecule has 0 amide bonds. The van der Waals surface area contributed by atoms with E-state index in [1.165, 1.54) is 44.6 Å². The van der Waals surface area contributed by atoms with Crippen LogP contribution in [0.15, 0.2) is 56.7 Å². The van der Waals surface area contributed by atoms with Gasteiger partial charge in [0.05, 0.1) is 0 Å². The van der Waals surface area contributed by atoms with E-state index in [-0.39, 0.29) is 10.8 Å². The van der Waals surface area contributed by atoms with Crippen molar-refractivity contribution in [3.8, 4) is 0 Å². The normalized spacial score (nSPS) is 24.6. The first-order valence-electron chi connectivity index (χ1n) is 8.41. The molecular weight excluding hydrogens is 264 g/mol. The van der Waals surface area contributed by atoms with E-state index in [2.05, 4.69) is 81.4 Å². The SMILES string of the molecule is CC1=C(C)C(C)(C=CC2(C)C(C)=C(C)C(C)=C2C)C(C)=C1C. The lowest BCUT2D eigenvalue weighted by Crippen LogP contribution is -2.19. The van der Waals surface area contributed by atoms with Crippen LogP contribution in [0.4, 0.5) is 0 Å². The Morgan fingerprint density at radius 2 is 0.636 bits per heavy atom. The Morgan fingerprint density at radius 3 is 0.818 bits per heavy atom. The predicted molar refractivity (Wildman–Crippen MR) is 98.9 cm³/mol. The van der Waals surface area contributed by atoms with Crippen LogP contribution < -0.4 is 0 Å². The van der Waals surface area contributed by atoms with Crippen molar-refractivity contribution in [1.82, 2.24) is 0 Å². The van der Waals surface area contributed by atoms with Crippen LogP contribution >= 0.6 is 0 Å². The molecule has 0 N–H and O–H groups in total. The summed E-state index contributed by atoms with van der Waals surface area (Å²) in [6.45, 7) is 22.9. The summed E-state index contributed by atoms with van der Waals surface area (Å²) >= 11 is 0. The summed E-state index contributed by atoms with van der Waals surface area (Å²) in [6, 6.07) is 0. The summed E-state index contributed by atoms with van der Waals surface area (Å²) in [5.74, 6) is 0. The van der Waals surface area contributed by atoms with E-state index < -0.39 is 0 Å². The van der Waals surface area contributed by atoms with Crippen LogP contribution in [0.25, 0.3) is 0 Å². The number of rotatable bonds is 2. The molecule has 0 aromatic heterocycles. The minimum atomic E-state index is 0.0716. The Kier molecular flexibility index (Phi) is 3.97. The van der Waals surface area contributed by atoms with E-state index in [1.54, 1.807) is 0 Å². The molecule has 0 saturated heterocycles. The molecule has 0 aliphatic heterocycles. The lowest BCUT2D eigenvalue weighted by Gasteiger charge is -2.30. The van der Waals surface area contributed by atoms with Crippen LogP contribution in [0.1, 0.15) is 69.2 Å². The van der Waals surface area contributed by atoms with Crippen molar-refractivity contribution in [3.63, 3.8) is 0 Å². The Balaban J connectivity index is 2.51. The van der Waals surface area contributed by atoms with E-state index in [1.807, 2.05) is 0 Å². The Morgan fingerprint density at radius 1 is 0.455 bits per heavy atom. The molecule has 0 saturated carbocycles. The van der Waals surface area contributed by atoms with Gasteiger partial charge < -0.3 is 0 Å². The summed E-state index contributed by atoms with van der Waals surface area (Å²) in [5.41, 5.74) is 12.0. The maximum atomic E-state index is 2.45. The van der Waals surface area contributed by atoms with Gasteiger partial charge in [-0.3, -0.25) is 0 Å². The highest BCUT2D eigenvalue weighted by molar-refractivity contribution is 5.56. The van der Waals surface area contributed by atoms with Crippen molar-refractivity contribution >= 4 is 0 Å². The summed E-state index contributed by atoms with van der Waals surface area (Å²) in [6.07, 6.45) is 4.91. The second kappa shape index (κ2) is 5.11. The third kappa shape index (κ3) is 2.03. The van der Waals surface area contributed by atoms with Gasteiger partial charge in [-0.15, -0.1) is 0 Å². The van der Waals surface area contributed by atoms with Crippen molar-refractivity contribution in [3.05, 3.63) is 56.7 Å². The van der Waals surface area contributed by atoms with E-state index in [0.29, 0.717) is 0 Å². The summed E-state index contributed by atoms with van der Waals surface area (Å²) in [5, 5.41) is 0. The average molecular weight is 296 g/mol. The van der Waals surface area contributed by atoms with Gasteiger partial charge in [0, 0.05) is 10.8 Å². The van der Waals surface area contributed by atoms with Crippen LogP contribution in [0, 0.1) is 10.8 Å². The van der Waals surface area contributed by atoms with Crippen molar-refractivity contribution in [1.29, 1.82) is 0 Å². The lowest BCUT2D eigenvalue weighted by atomic mass is 9.73. The van der Waals surface area contributed by atoms with E-state index in [0.717, 1.165) is 0 Å². The summed E-state index contributed by atoms with van der Waals surface area (Å²) in [4.78, 5) is 0. The molecule has 2 aliphatic rings. The smallest absolute Gasteiger partial charge is 0.0278 e. The fourth-order valence-corrected chi connectivity index (χ4v) is 4.08. The third-order valence-electron chi connectivity index (χ3n) is 7.24. The van der Waals surface area contributed by atoms with Gasteiger partial charge in [-0.05, 0) is 91.5 Å². The van der Waals surface area contributed by atoms with Gasteiger partial charge in [-0.25, -0.2) is 0 Å². The molecule has 0 spiro atoms. The molecule has 0 atom stereocenters. The lowest BCUT2D eigenvalue weighted by molar-refractivity contribution is 0.582. The topological polar surface area (TPSA) is 0 Å². The monoisotopic (exact) mass is 296 g/mol. The minimum Gasteiger partial charge on any atom is -0.0733 e. The third-order valence-corrected chi connectivity index (χ3v) is 7.24. The average Bonchev–Trinajstić information content (AvgIpc) is 2.74. The molecule has 0 nitrogen and oxygen atoms in total. The summed E-state index contributed by atoms with van der Waals surface area (Å²) < 4.78 is 0. The van der Waals surface area contributed by atoms with Crippen molar-refractivity contribution in [2.24, 2.45) is 10.8 Å². The molecule has 120 valence electrons. The molecule has 0 radical (unpaired) electrons. The van der Waals surface area contributed by atoms with Gasteiger partial charge in [0.1, 0.15) is 0 Å². The second-order valence-corrected chi connectivity index (χ2v) is 7.74. The number of hydrogen-bond acceptors (Lipinski definition) is 0. The highest BCUT2D eigenvalue weighted by Gasteiger charge is 2.37. The first-order valence-corrected chi connectivity index (χ1v) is 8.41. The van der Waals surface area contributed by atoms with Crippen LogP contribution in [0.3, 0.4) is 0 Å². The molecule has 22 heavy (non-hydrogen) atoms. The van der Waals surface area contributed by atoms with Crippen LogP contribution in [-0.2, 0) is 0 Å². The zero-order chi connectivity index (χ0) is 17.0. The molecule has 0 aromatic rings. The molecule has 0 fully saturated rings. The molecule has 2 rings (SSSR count). The Hall–Kier alpha value is -1.30. The molecule has 2 aliphatic carbocycles. The molecule has 0 heterocycles. The molecule has 0 unspecified atom stereocenters. The summed E-state index contributed by atoms with van der Waals surface area (Å²) in [7, 11) is 0. The largest absolute Gasteiger partial charge is 0.0733 e. The predicted octanol–water partition coefficient (Wildman–Crippen LogP) is 6.93. The van der Waals surface area contributed by atoms with Gasteiger partial charge in [-0.2, -0.15) is 0 Å². The maximum Gasteiger partial charge on any atom is 0.0278 e. The first-order chi connectivity index (χ1) is 9.98. The van der Waals surface area contributed by atoms with Gasteiger partial charge >= 0.3 is 0 Å². The highest BCUT2D eigenvalue weighted by atomic mass is 14.4. The molecule has 0 heteroatoms.